The maximum Gasteiger partial charge on any atom is 0.178 e. The van der Waals surface area contributed by atoms with E-state index in [-0.39, 0.29) is 0 Å². The van der Waals surface area contributed by atoms with Crippen LogP contribution in [0.3, 0.4) is 0 Å². The van der Waals surface area contributed by atoms with Crippen molar-refractivity contribution in [3.05, 3.63) is 146 Å². The summed E-state index contributed by atoms with van der Waals surface area (Å²) >= 11 is 0. The van der Waals surface area contributed by atoms with Crippen LogP contribution in [0.1, 0.15) is 0 Å². The van der Waals surface area contributed by atoms with Gasteiger partial charge in [-0.3, -0.25) is 0 Å². The van der Waals surface area contributed by atoms with Crippen LogP contribution < -0.4 is 0 Å². The van der Waals surface area contributed by atoms with Gasteiger partial charge in [-0.05, 0) is 64.2 Å². The van der Waals surface area contributed by atoms with Crippen LogP contribution in [0.4, 0.5) is 0 Å². The fraction of sp³-hybridized carbons (Fsp3) is 0. The quantitative estimate of drug-likeness (QED) is 0.228. The van der Waals surface area contributed by atoms with Gasteiger partial charge in [-0.2, -0.15) is 0 Å². The summed E-state index contributed by atoms with van der Waals surface area (Å²) in [6.07, 6.45) is 0. The summed E-state index contributed by atoms with van der Waals surface area (Å²) in [5, 5.41) is 6.55. The van der Waals surface area contributed by atoms with Crippen molar-refractivity contribution in [3.8, 4) is 33.4 Å². The van der Waals surface area contributed by atoms with Crippen molar-refractivity contribution in [2.75, 3.05) is 0 Å². The third-order valence-electron chi connectivity index (χ3n) is 9.24. The zero-order chi connectivity index (χ0) is 29.5. The third kappa shape index (κ3) is 3.52. The molecule has 0 unspecified atom stereocenters. The molecule has 10 rings (SSSR count). The Labute approximate surface area is 257 Å². The second-order valence-corrected chi connectivity index (χ2v) is 11.7. The van der Waals surface area contributed by atoms with Gasteiger partial charge in [0, 0.05) is 32.5 Å². The van der Waals surface area contributed by atoms with Crippen molar-refractivity contribution in [3.63, 3.8) is 0 Å². The number of hydrogen-bond acceptors (Lipinski definition) is 2. The van der Waals surface area contributed by atoms with Crippen molar-refractivity contribution in [2.45, 2.75) is 0 Å². The van der Waals surface area contributed by atoms with E-state index in [0.29, 0.717) is 0 Å². The van der Waals surface area contributed by atoms with Crippen molar-refractivity contribution in [1.82, 2.24) is 4.98 Å². The largest absolute Gasteiger partial charge is 0.452 e. The molecule has 0 aliphatic carbocycles. The zero-order valence-electron chi connectivity index (χ0n) is 24.2. The van der Waals surface area contributed by atoms with Gasteiger partial charge in [-0.15, -0.1) is 0 Å². The van der Waals surface area contributed by atoms with Crippen LogP contribution in [-0.2, 0) is 0 Å². The van der Waals surface area contributed by atoms with Crippen molar-refractivity contribution in [2.24, 2.45) is 0 Å². The molecule has 0 amide bonds. The SMILES string of the molecule is c1ccc(-c2cccc(-c3ccccc3-c3cccc4c3[nH]c3ccc5c6ccc7c8ccccc8oc7c6oc5c34)c2)cc1. The van der Waals surface area contributed by atoms with Crippen molar-refractivity contribution >= 4 is 65.7 Å². The van der Waals surface area contributed by atoms with Gasteiger partial charge in [0.1, 0.15) is 11.2 Å². The summed E-state index contributed by atoms with van der Waals surface area (Å²) in [6, 6.07) is 51.4. The first-order valence-electron chi connectivity index (χ1n) is 15.3. The lowest BCUT2D eigenvalue weighted by Crippen LogP contribution is -1.87. The van der Waals surface area contributed by atoms with Crippen molar-refractivity contribution < 1.29 is 8.83 Å². The van der Waals surface area contributed by atoms with E-state index in [1.807, 2.05) is 18.2 Å². The highest BCUT2D eigenvalue weighted by Crippen LogP contribution is 2.44. The van der Waals surface area contributed by atoms with E-state index in [0.717, 1.165) is 71.2 Å². The number of furan rings is 2. The summed E-state index contributed by atoms with van der Waals surface area (Å²) in [5.41, 5.74) is 12.6. The second kappa shape index (κ2) is 9.22. The standard InChI is InChI=1S/C42H25NO2/c1-2-10-25(11-3-1)26-12-8-13-27(24-26)28-14-4-5-15-29(28)31-17-9-18-35-38-36(43-39(31)35)23-22-33-34-21-20-32-30-16-6-7-19-37(30)44-41(32)42(34)45-40(33)38/h1-24,43H. The molecule has 3 aromatic heterocycles. The lowest BCUT2D eigenvalue weighted by atomic mass is 9.91. The molecular weight excluding hydrogens is 550 g/mol. The molecule has 0 saturated heterocycles. The highest BCUT2D eigenvalue weighted by Gasteiger charge is 2.20. The minimum Gasteiger partial charge on any atom is -0.452 e. The molecule has 0 spiro atoms. The first-order valence-corrected chi connectivity index (χ1v) is 15.3. The summed E-state index contributed by atoms with van der Waals surface area (Å²) in [5.74, 6) is 0. The minimum atomic E-state index is 0.792. The first-order chi connectivity index (χ1) is 22.3. The van der Waals surface area contributed by atoms with Gasteiger partial charge in [0.2, 0.25) is 0 Å². The Bertz CT molecular complexity index is 2760. The fourth-order valence-corrected chi connectivity index (χ4v) is 7.17. The second-order valence-electron chi connectivity index (χ2n) is 11.7. The van der Waals surface area contributed by atoms with E-state index in [2.05, 4.69) is 132 Å². The van der Waals surface area contributed by atoms with E-state index < -0.39 is 0 Å². The number of rotatable bonds is 3. The van der Waals surface area contributed by atoms with Gasteiger partial charge in [0.15, 0.2) is 11.2 Å². The van der Waals surface area contributed by atoms with E-state index in [9.17, 15) is 0 Å². The lowest BCUT2D eigenvalue weighted by molar-refractivity contribution is 0.635. The molecule has 0 atom stereocenters. The van der Waals surface area contributed by atoms with Crippen LogP contribution in [0.2, 0.25) is 0 Å². The van der Waals surface area contributed by atoms with Gasteiger partial charge >= 0.3 is 0 Å². The molecule has 0 saturated carbocycles. The Morgan fingerprint density at radius 1 is 0.378 bits per heavy atom. The third-order valence-corrected chi connectivity index (χ3v) is 9.24. The summed E-state index contributed by atoms with van der Waals surface area (Å²) in [7, 11) is 0. The van der Waals surface area contributed by atoms with Crippen LogP contribution >= 0.6 is 0 Å². The molecule has 0 bridgehead atoms. The van der Waals surface area contributed by atoms with E-state index in [1.54, 1.807) is 0 Å². The Hall–Kier alpha value is -6.06. The Morgan fingerprint density at radius 3 is 1.91 bits per heavy atom. The maximum absolute atomic E-state index is 6.76. The molecule has 0 fully saturated rings. The molecule has 210 valence electrons. The van der Waals surface area contributed by atoms with E-state index >= 15 is 0 Å². The zero-order valence-corrected chi connectivity index (χ0v) is 24.2. The predicted molar refractivity (Wildman–Crippen MR) is 187 cm³/mol. The Kier molecular flexibility index (Phi) is 5.00. The molecular formula is C42H25NO2. The molecule has 7 aromatic carbocycles. The van der Waals surface area contributed by atoms with Gasteiger partial charge in [-0.1, -0.05) is 109 Å². The number of para-hydroxylation sites is 2. The predicted octanol–water partition coefficient (Wildman–Crippen LogP) is 12.1. The van der Waals surface area contributed by atoms with Gasteiger partial charge in [0.05, 0.1) is 16.4 Å². The summed E-state index contributed by atoms with van der Waals surface area (Å²) in [4.78, 5) is 3.77. The first kappa shape index (κ1) is 24.4. The molecule has 45 heavy (non-hydrogen) atoms. The normalized spacial score (nSPS) is 12.0. The Balaban J connectivity index is 1.20. The fourth-order valence-electron chi connectivity index (χ4n) is 7.17. The molecule has 3 nitrogen and oxygen atoms in total. The molecule has 0 radical (unpaired) electrons. The van der Waals surface area contributed by atoms with E-state index in [1.165, 1.54) is 27.8 Å². The average Bonchev–Trinajstić information content (AvgIpc) is 3.80. The van der Waals surface area contributed by atoms with Crippen LogP contribution in [0.5, 0.6) is 0 Å². The minimum absolute atomic E-state index is 0.792. The van der Waals surface area contributed by atoms with Crippen LogP contribution in [-0.4, -0.2) is 4.98 Å². The van der Waals surface area contributed by atoms with Crippen LogP contribution in [0, 0.1) is 0 Å². The monoisotopic (exact) mass is 575 g/mol. The smallest absolute Gasteiger partial charge is 0.178 e. The highest BCUT2D eigenvalue weighted by molar-refractivity contribution is 6.27. The van der Waals surface area contributed by atoms with Gasteiger partial charge in [0.25, 0.3) is 0 Å². The molecule has 0 aliphatic rings. The number of nitrogens with one attached hydrogen (secondary N) is 1. The summed E-state index contributed by atoms with van der Waals surface area (Å²) in [6.45, 7) is 0. The topological polar surface area (TPSA) is 42.1 Å². The van der Waals surface area contributed by atoms with Crippen LogP contribution in [0.25, 0.3) is 99.1 Å². The number of fused-ring (bicyclic) bond motifs is 11. The average molecular weight is 576 g/mol. The number of aromatic nitrogens is 1. The maximum atomic E-state index is 6.76. The Morgan fingerprint density at radius 2 is 1.00 bits per heavy atom. The van der Waals surface area contributed by atoms with E-state index in [4.69, 9.17) is 8.83 Å². The number of hydrogen-bond donors (Lipinski definition) is 1. The van der Waals surface area contributed by atoms with Gasteiger partial charge in [-0.25, -0.2) is 0 Å². The highest BCUT2D eigenvalue weighted by atomic mass is 16.4. The molecule has 3 heterocycles. The molecule has 3 heteroatoms. The van der Waals surface area contributed by atoms with Crippen LogP contribution in [0.15, 0.2) is 154 Å². The number of benzene rings is 7. The summed E-state index contributed by atoms with van der Waals surface area (Å²) < 4.78 is 13.1. The number of aromatic amines is 1. The number of H-pyrrole nitrogens is 1. The molecule has 0 aliphatic heterocycles. The van der Waals surface area contributed by atoms with Gasteiger partial charge < -0.3 is 13.8 Å². The van der Waals surface area contributed by atoms with Crippen molar-refractivity contribution in [1.29, 1.82) is 0 Å². The molecule has 10 aromatic rings. The lowest BCUT2D eigenvalue weighted by Gasteiger charge is -2.13. The molecule has 1 N–H and O–H groups in total.